The number of hydrogen-bond acceptors (Lipinski definition) is 8. The number of amides is 1. The third kappa shape index (κ3) is 3.17. The third-order valence-electron chi connectivity index (χ3n) is 3.68. The Balaban J connectivity index is 1.90. The Morgan fingerprint density at radius 2 is 2.08 bits per heavy atom. The lowest BCUT2D eigenvalue weighted by atomic mass is 10.2. The van der Waals surface area contributed by atoms with Crippen LogP contribution in [0.25, 0.3) is 6.08 Å². The van der Waals surface area contributed by atoms with Gasteiger partial charge in [0.05, 0.1) is 17.1 Å². The first-order valence-corrected chi connectivity index (χ1v) is 8.64. The summed E-state index contributed by atoms with van der Waals surface area (Å²) in [5, 5.41) is 9.34. The van der Waals surface area contributed by atoms with Gasteiger partial charge in [-0.3, -0.25) is 9.69 Å². The Kier molecular flexibility index (Phi) is 4.62. The van der Waals surface area contributed by atoms with E-state index in [1.807, 2.05) is 18.7 Å². The zero-order valence-electron chi connectivity index (χ0n) is 13.5. The van der Waals surface area contributed by atoms with Gasteiger partial charge < -0.3 is 14.1 Å². The molecule has 1 aromatic heterocycles. The summed E-state index contributed by atoms with van der Waals surface area (Å²) in [6, 6.07) is 2.05. The maximum Gasteiger partial charge on any atom is 0.266 e. The number of anilines is 1. The van der Waals surface area contributed by atoms with Gasteiger partial charge in [-0.2, -0.15) is 10.2 Å². The van der Waals surface area contributed by atoms with E-state index < -0.39 is 0 Å². The number of nitriles is 1. The van der Waals surface area contributed by atoms with Gasteiger partial charge in [0, 0.05) is 26.2 Å². The molecule has 2 aliphatic heterocycles. The number of nitrogens with zero attached hydrogens (tertiary/aromatic N) is 4. The van der Waals surface area contributed by atoms with Gasteiger partial charge in [-0.25, -0.2) is 0 Å². The number of carbonyl (C=O) groups is 1. The van der Waals surface area contributed by atoms with Crippen LogP contribution in [0, 0.1) is 11.3 Å². The summed E-state index contributed by atoms with van der Waals surface area (Å²) in [6.07, 6.45) is 1.59. The normalized spacial score (nSPS) is 26.3. The van der Waals surface area contributed by atoms with E-state index in [9.17, 15) is 10.1 Å². The van der Waals surface area contributed by atoms with Gasteiger partial charge in [0.1, 0.15) is 10.4 Å². The van der Waals surface area contributed by atoms with Crippen molar-refractivity contribution in [3.05, 3.63) is 16.5 Å². The molecule has 3 rings (SSSR count). The van der Waals surface area contributed by atoms with E-state index in [1.165, 1.54) is 22.7 Å². The van der Waals surface area contributed by atoms with Gasteiger partial charge in [0.15, 0.2) is 0 Å². The second-order valence-corrected chi connectivity index (χ2v) is 7.40. The smallest absolute Gasteiger partial charge is 0.266 e. The highest BCUT2D eigenvalue weighted by atomic mass is 32.2. The number of likely N-dealkylation sites (N-methyl/N-ethyl adjacent to an activating group) is 1. The molecule has 0 unspecified atom stereocenters. The molecule has 9 heteroatoms. The molecule has 0 saturated carbocycles. The third-order valence-corrected chi connectivity index (χ3v) is 5.16. The second kappa shape index (κ2) is 6.55. The van der Waals surface area contributed by atoms with Crippen LogP contribution >= 0.6 is 24.0 Å². The summed E-state index contributed by atoms with van der Waals surface area (Å²) in [5.41, 5.74) is 0.203. The summed E-state index contributed by atoms with van der Waals surface area (Å²) >= 11 is 6.28. The van der Waals surface area contributed by atoms with Crippen LogP contribution in [0.1, 0.15) is 25.4 Å². The van der Waals surface area contributed by atoms with Crippen molar-refractivity contribution in [3.8, 4) is 6.07 Å². The Morgan fingerprint density at radius 1 is 1.42 bits per heavy atom. The fraction of sp³-hybridized carbons (Fsp3) is 0.467. The second-order valence-electron chi connectivity index (χ2n) is 5.72. The lowest BCUT2D eigenvalue weighted by molar-refractivity contribution is -0.121. The molecule has 2 fully saturated rings. The van der Waals surface area contributed by atoms with Crippen LogP contribution in [0.15, 0.2) is 9.32 Å². The van der Waals surface area contributed by atoms with Crippen LogP contribution in [-0.4, -0.2) is 52.5 Å². The van der Waals surface area contributed by atoms with Gasteiger partial charge in [0.2, 0.25) is 17.5 Å². The maximum atomic E-state index is 12.1. The molecule has 0 aromatic carbocycles. The van der Waals surface area contributed by atoms with Crippen molar-refractivity contribution in [1.82, 2.24) is 9.88 Å². The predicted octanol–water partition coefficient (Wildman–Crippen LogP) is 1.99. The highest BCUT2D eigenvalue weighted by molar-refractivity contribution is 8.26. The lowest BCUT2D eigenvalue weighted by Crippen LogP contribution is -2.45. The number of thiocarbonyl (C=S) groups is 1. The molecule has 24 heavy (non-hydrogen) atoms. The number of carbonyl (C=O) groups excluding carboxylic acids is 1. The van der Waals surface area contributed by atoms with E-state index in [1.54, 1.807) is 7.05 Å². The highest BCUT2D eigenvalue weighted by Crippen LogP contribution is 2.33. The summed E-state index contributed by atoms with van der Waals surface area (Å²) in [7, 11) is 1.62. The predicted molar refractivity (Wildman–Crippen MR) is 94.4 cm³/mol. The van der Waals surface area contributed by atoms with E-state index in [0.717, 1.165) is 0 Å². The molecule has 2 atom stereocenters. The Labute approximate surface area is 149 Å². The molecular formula is C15H16N4O3S2. The molecule has 1 aromatic rings. The van der Waals surface area contributed by atoms with Gasteiger partial charge in [-0.15, -0.1) is 0 Å². The fourth-order valence-corrected chi connectivity index (χ4v) is 3.82. The van der Waals surface area contributed by atoms with Crippen LogP contribution in [-0.2, 0) is 9.53 Å². The van der Waals surface area contributed by atoms with Crippen molar-refractivity contribution in [2.75, 3.05) is 25.0 Å². The topological polar surface area (TPSA) is 82.6 Å². The summed E-state index contributed by atoms with van der Waals surface area (Å²) in [5.74, 6) is 0.442. The molecule has 1 amide bonds. The molecular weight excluding hydrogens is 348 g/mol. The number of oxazole rings is 1. The lowest BCUT2D eigenvalue weighted by Gasteiger charge is -2.34. The first kappa shape index (κ1) is 17.0. The van der Waals surface area contributed by atoms with E-state index in [0.29, 0.717) is 28.2 Å². The standard InChI is InChI=1S/C15H16N4O3S2/c1-8-6-19(7-9(2)21-8)14-10(5-16)17-12(22-14)4-11-13(20)18(3)15(23)24-11/h4,8-9H,6-7H2,1-3H3/b11-4-/t8-,9-/m0/s1. The van der Waals surface area contributed by atoms with Crippen molar-refractivity contribution < 1.29 is 13.9 Å². The largest absolute Gasteiger partial charge is 0.420 e. The molecule has 3 heterocycles. The van der Waals surface area contributed by atoms with E-state index in [4.69, 9.17) is 21.4 Å². The molecule has 126 valence electrons. The number of rotatable bonds is 2. The first-order chi connectivity index (χ1) is 11.4. The molecule has 2 saturated heterocycles. The fourth-order valence-electron chi connectivity index (χ4n) is 2.68. The quantitative estimate of drug-likeness (QED) is 0.582. The zero-order chi connectivity index (χ0) is 17.4. The maximum absolute atomic E-state index is 12.1. The SMILES string of the molecule is C[C@H]1CN(c2oc(/C=C3\SC(=S)N(C)C3=O)nc2C#N)C[C@H](C)O1. The summed E-state index contributed by atoms with van der Waals surface area (Å²) in [6.45, 7) is 5.17. The Hall–Kier alpha value is -1.89. The molecule has 0 aliphatic carbocycles. The molecule has 0 radical (unpaired) electrons. The van der Waals surface area contributed by atoms with Crippen LogP contribution in [0.4, 0.5) is 5.88 Å². The van der Waals surface area contributed by atoms with Crippen LogP contribution in [0.3, 0.4) is 0 Å². The molecule has 2 aliphatic rings. The van der Waals surface area contributed by atoms with E-state index >= 15 is 0 Å². The number of aromatic nitrogens is 1. The van der Waals surface area contributed by atoms with Crippen molar-refractivity contribution in [2.24, 2.45) is 0 Å². The average Bonchev–Trinajstić information content (AvgIpc) is 3.04. The van der Waals surface area contributed by atoms with Crippen LogP contribution < -0.4 is 4.90 Å². The van der Waals surface area contributed by atoms with Crippen LogP contribution in [0.5, 0.6) is 0 Å². The first-order valence-electron chi connectivity index (χ1n) is 7.42. The highest BCUT2D eigenvalue weighted by Gasteiger charge is 2.31. The van der Waals surface area contributed by atoms with Crippen molar-refractivity contribution in [3.63, 3.8) is 0 Å². The van der Waals surface area contributed by atoms with Gasteiger partial charge >= 0.3 is 0 Å². The molecule has 0 spiro atoms. The number of thioether (sulfide) groups is 1. The van der Waals surface area contributed by atoms with E-state index in [2.05, 4.69) is 11.1 Å². The minimum Gasteiger partial charge on any atom is -0.420 e. The van der Waals surface area contributed by atoms with Crippen molar-refractivity contribution in [2.45, 2.75) is 26.1 Å². The van der Waals surface area contributed by atoms with Gasteiger partial charge in [0.25, 0.3) is 5.91 Å². The number of morpholine rings is 1. The zero-order valence-corrected chi connectivity index (χ0v) is 15.1. The van der Waals surface area contributed by atoms with Crippen molar-refractivity contribution in [1.29, 1.82) is 5.26 Å². The Bertz CT molecular complexity index is 757. The molecule has 7 nitrogen and oxygen atoms in total. The van der Waals surface area contributed by atoms with Crippen LogP contribution in [0.2, 0.25) is 0 Å². The molecule has 0 N–H and O–H groups in total. The summed E-state index contributed by atoms with van der Waals surface area (Å²) in [4.78, 5) is 20.0. The number of ether oxygens (including phenoxy) is 1. The summed E-state index contributed by atoms with van der Waals surface area (Å²) < 4.78 is 11.9. The molecule has 0 bridgehead atoms. The number of hydrogen-bond donors (Lipinski definition) is 0. The average molecular weight is 364 g/mol. The van der Waals surface area contributed by atoms with Crippen molar-refractivity contribution >= 4 is 46.2 Å². The van der Waals surface area contributed by atoms with Gasteiger partial charge in [-0.05, 0) is 13.8 Å². The van der Waals surface area contributed by atoms with E-state index in [-0.39, 0.29) is 29.7 Å². The minimum atomic E-state index is -0.197. The minimum absolute atomic E-state index is 0.0326. The monoisotopic (exact) mass is 364 g/mol. The van der Waals surface area contributed by atoms with Gasteiger partial charge in [-0.1, -0.05) is 24.0 Å². The Morgan fingerprint density at radius 3 is 2.62 bits per heavy atom.